The lowest BCUT2D eigenvalue weighted by Gasteiger charge is -2.38. The molecule has 32 heavy (non-hydrogen) atoms. The summed E-state index contributed by atoms with van der Waals surface area (Å²) < 4.78 is 19.9. The van der Waals surface area contributed by atoms with Crippen molar-refractivity contribution in [3.05, 3.63) is 101 Å². The van der Waals surface area contributed by atoms with Gasteiger partial charge in [-0.1, -0.05) is 42.5 Å². The molecule has 4 nitrogen and oxygen atoms in total. The smallest absolute Gasteiger partial charge is 0.126 e. The number of piperidine rings is 1. The van der Waals surface area contributed by atoms with Gasteiger partial charge in [-0.2, -0.15) is 5.26 Å². The highest BCUT2D eigenvalue weighted by Gasteiger charge is 2.33. The molecule has 1 N–H and O–H groups in total. The van der Waals surface area contributed by atoms with Crippen LogP contribution >= 0.6 is 0 Å². The summed E-state index contributed by atoms with van der Waals surface area (Å²) in [6.45, 7) is 2.70. The Hall–Kier alpha value is -3.20. The largest absolute Gasteiger partial charge is 0.489 e. The summed E-state index contributed by atoms with van der Waals surface area (Å²) in [4.78, 5) is 2.31. The predicted molar refractivity (Wildman–Crippen MR) is 121 cm³/mol. The van der Waals surface area contributed by atoms with Gasteiger partial charge in [0.15, 0.2) is 0 Å². The maximum atomic E-state index is 14.0. The molecule has 0 saturated carbocycles. The molecular weight excluding hydrogens is 403 g/mol. The minimum Gasteiger partial charge on any atom is -0.489 e. The average molecular weight is 431 g/mol. The molecule has 1 saturated heterocycles. The van der Waals surface area contributed by atoms with E-state index in [2.05, 4.69) is 17.0 Å². The van der Waals surface area contributed by atoms with Crippen LogP contribution in [0.1, 0.15) is 35.1 Å². The van der Waals surface area contributed by atoms with Gasteiger partial charge in [0.1, 0.15) is 18.2 Å². The van der Waals surface area contributed by atoms with Crippen molar-refractivity contribution in [2.24, 2.45) is 0 Å². The van der Waals surface area contributed by atoms with E-state index in [1.165, 1.54) is 6.07 Å². The van der Waals surface area contributed by atoms with Crippen LogP contribution in [-0.2, 0) is 19.6 Å². The topological polar surface area (TPSA) is 56.5 Å². The quantitative estimate of drug-likeness (QED) is 0.582. The number of likely N-dealkylation sites (tertiary alicyclic amines) is 1. The van der Waals surface area contributed by atoms with Crippen LogP contribution in [0.15, 0.2) is 72.8 Å². The van der Waals surface area contributed by atoms with Crippen molar-refractivity contribution in [3.63, 3.8) is 0 Å². The Balaban J connectivity index is 1.30. The molecule has 0 aliphatic carbocycles. The molecular formula is C27H27FN2O2. The maximum absolute atomic E-state index is 14.0. The average Bonchev–Trinajstić information content (AvgIpc) is 2.81. The van der Waals surface area contributed by atoms with Crippen LogP contribution in [0.5, 0.6) is 5.75 Å². The lowest BCUT2D eigenvalue weighted by molar-refractivity contribution is -0.0230. The molecule has 1 aliphatic heterocycles. The van der Waals surface area contributed by atoms with Crippen molar-refractivity contribution in [3.8, 4) is 11.8 Å². The standard InChI is InChI=1S/C27H27FN2O2/c28-26-10-2-1-8-24(26)17-27(31)11-13-30(14-12-27)19-22-6-4-9-25(16-22)32-20-23-7-3-5-21(15-23)18-29/h1-10,15-16,31H,11-14,17,19-20H2. The number of aliphatic hydroxyl groups is 1. The molecule has 3 aromatic carbocycles. The Kier molecular flexibility index (Phi) is 6.84. The molecule has 1 aliphatic rings. The summed E-state index contributed by atoms with van der Waals surface area (Å²) in [5.74, 6) is 0.539. The van der Waals surface area contributed by atoms with Crippen LogP contribution < -0.4 is 4.74 Å². The van der Waals surface area contributed by atoms with E-state index in [0.29, 0.717) is 37.0 Å². The Labute approximate surface area is 188 Å². The Bertz CT molecular complexity index is 1100. The van der Waals surface area contributed by atoms with Gasteiger partial charge in [0, 0.05) is 26.1 Å². The lowest BCUT2D eigenvalue weighted by atomic mass is 9.85. The molecule has 164 valence electrons. The van der Waals surface area contributed by atoms with E-state index in [4.69, 9.17) is 10.00 Å². The molecule has 0 atom stereocenters. The summed E-state index contributed by atoms with van der Waals surface area (Å²) in [5.41, 5.74) is 2.45. The zero-order valence-electron chi connectivity index (χ0n) is 18.0. The summed E-state index contributed by atoms with van der Waals surface area (Å²) in [6.07, 6.45) is 1.59. The number of ether oxygens (including phenoxy) is 1. The van der Waals surface area contributed by atoms with Crippen LogP contribution in [0.2, 0.25) is 0 Å². The lowest BCUT2D eigenvalue weighted by Crippen LogP contribution is -2.45. The molecule has 1 heterocycles. The van der Waals surface area contributed by atoms with E-state index < -0.39 is 5.60 Å². The van der Waals surface area contributed by atoms with Gasteiger partial charge in [0.05, 0.1) is 17.2 Å². The van der Waals surface area contributed by atoms with Crippen molar-refractivity contribution in [2.45, 2.75) is 38.0 Å². The van der Waals surface area contributed by atoms with Gasteiger partial charge in [-0.3, -0.25) is 4.90 Å². The molecule has 0 aromatic heterocycles. The Morgan fingerprint density at radius 3 is 2.50 bits per heavy atom. The number of rotatable bonds is 7. The first kappa shape index (κ1) is 22.0. The van der Waals surface area contributed by atoms with Crippen LogP contribution in [0.4, 0.5) is 4.39 Å². The zero-order chi connectivity index (χ0) is 22.4. The highest BCUT2D eigenvalue weighted by atomic mass is 19.1. The fourth-order valence-electron chi connectivity index (χ4n) is 4.19. The van der Waals surface area contributed by atoms with Gasteiger partial charge in [-0.15, -0.1) is 0 Å². The van der Waals surface area contributed by atoms with Crippen molar-refractivity contribution in [1.29, 1.82) is 5.26 Å². The summed E-state index contributed by atoms with van der Waals surface area (Å²) >= 11 is 0. The molecule has 1 fully saturated rings. The molecule has 3 aromatic rings. The normalized spacial score (nSPS) is 15.8. The molecule has 0 radical (unpaired) electrons. The fourth-order valence-corrected chi connectivity index (χ4v) is 4.19. The van der Waals surface area contributed by atoms with E-state index in [9.17, 15) is 9.50 Å². The number of hydrogen-bond acceptors (Lipinski definition) is 4. The second-order valence-electron chi connectivity index (χ2n) is 8.52. The van der Waals surface area contributed by atoms with Gasteiger partial charge in [0.2, 0.25) is 0 Å². The Morgan fingerprint density at radius 2 is 1.72 bits per heavy atom. The van der Waals surface area contributed by atoms with Crippen LogP contribution in [0.25, 0.3) is 0 Å². The van der Waals surface area contributed by atoms with E-state index in [1.807, 2.05) is 42.5 Å². The van der Waals surface area contributed by atoms with E-state index in [1.54, 1.807) is 18.2 Å². The number of halogens is 1. The second kappa shape index (κ2) is 9.95. The van der Waals surface area contributed by atoms with Crippen molar-refractivity contribution >= 4 is 0 Å². The third kappa shape index (κ3) is 5.73. The second-order valence-corrected chi connectivity index (χ2v) is 8.52. The first-order valence-corrected chi connectivity index (χ1v) is 10.9. The summed E-state index contributed by atoms with van der Waals surface area (Å²) in [5, 5.41) is 20.0. The summed E-state index contributed by atoms with van der Waals surface area (Å²) in [6, 6.07) is 24.3. The number of hydrogen-bond donors (Lipinski definition) is 1. The first-order valence-electron chi connectivity index (χ1n) is 10.9. The highest BCUT2D eigenvalue weighted by molar-refractivity contribution is 5.33. The number of nitrogens with zero attached hydrogens (tertiary/aromatic N) is 2. The summed E-state index contributed by atoms with van der Waals surface area (Å²) in [7, 11) is 0. The molecule has 0 amide bonds. The van der Waals surface area contributed by atoms with Crippen LogP contribution in [-0.4, -0.2) is 28.7 Å². The third-order valence-corrected chi connectivity index (χ3v) is 6.03. The van der Waals surface area contributed by atoms with Crippen LogP contribution in [0.3, 0.4) is 0 Å². The molecule has 0 bridgehead atoms. The van der Waals surface area contributed by atoms with Gasteiger partial charge in [-0.25, -0.2) is 4.39 Å². The SMILES string of the molecule is N#Cc1cccc(COc2cccc(CN3CCC(O)(Cc4ccccc4F)CC3)c2)c1. The molecule has 0 unspecified atom stereocenters. The van der Waals surface area contributed by atoms with Crippen molar-refractivity contribution < 1.29 is 14.2 Å². The van der Waals surface area contributed by atoms with Gasteiger partial charge in [-0.05, 0) is 59.9 Å². The van der Waals surface area contributed by atoms with Crippen molar-refractivity contribution in [2.75, 3.05) is 13.1 Å². The maximum Gasteiger partial charge on any atom is 0.126 e. The van der Waals surface area contributed by atoms with Crippen molar-refractivity contribution in [1.82, 2.24) is 4.90 Å². The van der Waals surface area contributed by atoms with Gasteiger partial charge in [0.25, 0.3) is 0 Å². The molecule has 4 rings (SSSR count). The molecule has 0 spiro atoms. The zero-order valence-corrected chi connectivity index (χ0v) is 18.0. The minimum absolute atomic E-state index is 0.250. The molecule has 5 heteroatoms. The van der Waals surface area contributed by atoms with Gasteiger partial charge < -0.3 is 9.84 Å². The van der Waals surface area contributed by atoms with Gasteiger partial charge >= 0.3 is 0 Å². The highest BCUT2D eigenvalue weighted by Crippen LogP contribution is 2.28. The number of benzene rings is 3. The fraction of sp³-hybridized carbons (Fsp3) is 0.296. The Morgan fingerprint density at radius 1 is 0.969 bits per heavy atom. The minimum atomic E-state index is -0.860. The van der Waals surface area contributed by atoms with Crippen LogP contribution in [0, 0.1) is 17.1 Å². The van der Waals surface area contributed by atoms with E-state index in [-0.39, 0.29) is 5.82 Å². The van der Waals surface area contributed by atoms with E-state index >= 15 is 0 Å². The first-order chi connectivity index (χ1) is 15.5. The predicted octanol–water partition coefficient (Wildman–Crippen LogP) is 4.85. The van der Waals surface area contributed by atoms with E-state index in [0.717, 1.165) is 36.5 Å². The number of nitriles is 1. The monoisotopic (exact) mass is 430 g/mol. The third-order valence-electron chi connectivity index (χ3n) is 6.03.